The van der Waals surface area contributed by atoms with Crippen molar-refractivity contribution in [1.82, 2.24) is 5.43 Å². The molecule has 1 amide bonds. The summed E-state index contributed by atoms with van der Waals surface area (Å²) in [5.74, 6) is -0.314. The molecule has 2 N–H and O–H groups in total. The molecule has 0 aromatic heterocycles. The molecule has 0 bridgehead atoms. The van der Waals surface area contributed by atoms with Crippen LogP contribution in [0.5, 0.6) is 11.5 Å². The number of carbonyl (C=O) groups is 1. The molecule has 5 nitrogen and oxygen atoms in total. The molecule has 29 heavy (non-hydrogen) atoms. The van der Waals surface area contributed by atoms with Gasteiger partial charge in [-0.3, -0.25) is 4.79 Å². The van der Waals surface area contributed by atoms with Crippen LogP contribution in [0.4, 0.5) is 0 Å². The third-order valence-electron chi connectivity index (χ3n) is 4.19. The van der Waals surface area contributed by atoms with Gasteiger partial charge in [0.25, 0.3) is 0 Å². The lowest BCUT2D eigenvalue weighted by molar-refractivity contribution is -0.120. The van der Waals surface area contributed by atoms with Crippen LogP contribution in [0.2, 0.25) is 10.0 Å². The molecule has 0 aliphatic heterocycles. The van der Waals surface area contributed by atoms with Gasteiger partial charge in [0.15, 0.2) is 11.5 Å². The average molecular weight is 496 g/mol. The number of hydrogen-bond acceptors (Lipinski definition) is 4. The van der Waals surface area contributed by atoms with Crippen LogP contribution in [0.25, 0.3) is 10.8 Å². The van der Waals surface area contributed by atoms with E-state index >= 15 is 0 Å². The van der Waals surface area contributed by atoms with Crippen LogP contribution in [0, 0.1) is 0 Å². The van der Waals surface area contributed by atoms with Crippen molar-refractivity contribution in [3.8, 4) is 11.5 Å². The van der Waals surface area contributed by atoms with Crippen LogP contribution >= 0.6 is 39.1 Å². The van der Waals surface area contributed by atoms with Gasteiger partial charge in [0.05, 0.1) is 34.9 Å². The van der Waals surface area contributed by atoms with Crippen molar-refractivity contribution in [3.05, 3.63) is 68.1 Å². The van der Waals surface area contributed by atoms with Gasteiger partial charge in [-0.2, -0.15) is 5.10 Å². The van der Waals surface area contributed by atoms with Crippen molar-refractivity contribution in [1.29, 1.82) is 0 Å². The van der Waals surface area contributed by atoms with Gasteiger partial charge in [-0.05, 0) is 29.3 Å². The van der Waals surface area contributed by atoms with Gasteiger partial charge in [-0.1, -0.05) is 69.5 Å². The Labute approximate surface area is 186 Å². The molecule has 0 spiro atoms. The minimum Gasteiger partial charge on any atom is -0.504 e. The topological polar surface area (TPSA) is 70.9 Å². The molecule has 0 heterocycles. The Bertz CT molecular complexity index is 1100. The second-order valence-electron chi connectivity index (χ2n) is 6.09. The molecule has 0 aliphatic rings. The molecule has 3 aromatic carbocycles. The summed E-state index contributed by atoms with van der Waals surface area (Å²) in [7, 11) is 0. The number of amides is 1. The number of nitrogens with one attached hydrogen (secondary N) is 1. The van der Waals surface area contributed by atoms with Crippen molar-refractivity contribution in [2.45, 2.75) is 13.3 Å². The number of ether oxygens (including phenoxy) is 1. The summed E-state index contributed by atoms with van der Waals surface area (Å²) in [6, 6.07) is 13.0. The van der Waals surface area contributed by atoms with Crippen molar-refractivity contribution in [2.24, 2.45) is 5.10 Å². The van der Waals surface area contributed by atoms with E-state index in [9.17, 15) is 9.90 Å². The quantitative estimate of drug-likeness (QED) is 0.340. The summed E-state index contributed by atoms with van der Waals surface area (Å²) in [6.45, 7) is 2.13. The molecule has 0 aliphatic carbocycles. The van der Waals surface area contributed by atoms with E-state index in [4.69, 9.17) is 27.9 Å². The summed E-state index contributed by atoms with van der Waals surface area (Å²) < 4.78 is 6.29. The highest BCUT2D eigenvalue weighted by Crippen LogP contribution is 2.39. The molecular formula is C21H17BrCl2N2O3. The van der Waals surface area contributed by atoms with Gasteiger partial charge in [0.2, 0.25) is 5.91 Å². The van der Waals surface area contributed by atoms with Crippen LogP contribution in [0.15, 0.2) is 52.0 Å². The molecule has 0 saturated heterocycles. The molecule has 0 unspecified atom stereocenters. The summed E-state index contributed by atoms with van der Waals surface area (Å²) in [5, 5.41) is 16.5. The van der Waals surface area contributed by atoms with E-state index in [1.807, 2.05) is 36.4 Å². The van der Waals surface area contributed by atoms with Gasteiger partial charge >= 0.3 is 0 Å². The molecule has 3 aromatic rings. The maximum absolute atomic E-state index is 12.4. The minimum atomic E-state index is -0.309. The predicted octanol–water partition coefficient (Wildman–Crippen LogP) is 5.71. The number of hydrazone groups is 1. The fourth-order valence-electron chi connectivity index (χ4n) is 2.86. The van der Waals surface area contributed by atoms with Crippen molar-refractivity contribution < 1.29 is 14.6 Å². The highest BCUT2D eigenvalue weighted by molar-refractivity contribution is 9.10. The zero-order chi connectivity index (χ0) is 21.0. The van der Waals surface area contributed by atoms with E-state index in [1.54, 1.807) is 6.92 Å². The summed E-state index contributed by atoms with van der Waals surface area (Å²) in [6.07, 6.45) is 1.38. The molecule has 8 heteroatoms. The fourth-order valence-corrected chi connectivity index (χ4v) is 3.73. The lowest BCUT2D eigenvalue weighted by Crippen LogP contribution is -2.20. The van der Waals surface area contributed by atoms with E-state index in [0.29, 0.717) is 6.61 Å². The third-order valence-corrected chi connectivity index (χ3v) is 5.68. The summed E-state index contributed by atoms with van der Waals surface area (Å²) in [4.78, 5) is 12.4. The van der Waals surface area contributed by atoms with E-state index in [2.05, 4.69) is 26.5 Å². The van der Waals surface area contributed by atoms with Crippen molar-refractivity contribution in [3.63, 3.8) is 0 Å². The fraction of sp³-hybridized carbons (Fsp3) is 0.143. The molecular weight excluding hydrogens is 479 g/mol. The van der Waals surface area contributed by atoms with Gasteiger partial charge in [0, 0.05) is 10.5 Å². The third kappa shape index (κ3) is 4.83. The number of rotatable bonds is 6. The van der Waals surface area contributed by atoms with E-state index in [1.165, 1.54) is 12.3 Å². The normalized spacial score (nSPS) is 11.2. The largest absolute Gasteiger partial charge is 0.504 e. The Morgan fingerprint density at radius 1 is 1.24 bits per heavy atom. The standard InChI is InChI=1S/C21H17BrCl2N2O3/c1-2-29-18-10-17(23)20(24)15(21(18)28)11-25-26-19(27)9-12-7-8-16(22)14-6-4-3-5-13(12)14/h3-8,10-11,28H,2,9H2,1H3,(H,26,27). The molecule has 150 valence electrons. The van der Waals surface area contributed by atoms with Crippen LogP contribution in [-0.4, -0.2) is 23.8 Å². The lowest BCUT2D eigenvalue weighted by Gasteiger charge is -2.11. The Hall–Kier alpha value is -2.28. The second kappa shape index (κ2) is 9.48. The Kier molecular flexibility index (Phi) is 7.00. The predicted molar refractivity (Wildman–Crippen MR) is 120 cm³/mol. The monoisotopic (exact) mass is 494 g/mol. The van der Waals surface area contributed by atoms with Crippen LogP contribution in [-0.2, 0) is 11.2 Å². The van der Waals surface area contributed by atoms with Gasteiger partial charge in [-0.25, -0.2) is 5.43 Å². The highest BCUT2D eigenvalue weighted by atomic mass is 79.9. The number of halogens is 3. The van der Waals surface area contributed by atoms with E-state index < -0.39 is 0 Å². The van der Waals surface area contributed by atoms with Gasteiger partial charge in [0.1, 0.15) is 0 Å². The molecule has 0 saturated carbocycles. The second-order valence-corrected chi connectivity index (χ2v) is 7.73. The molecule has 3 rings (SSSR count). The molecule has 0 atom stereocenters. The highest BCUT2D eigenvalue weighted by Gasteiger charge is 2.15. The molecule has 0 radical (unpaired) electrons. The van der Waals surface area contributed by atoms with Crippen LogP contribution < -0.4 is 10.2 Å². The number of fused-ring (bicyclic) bond motifs is 1. The number of hydrogen-bond donors (Lipinski definition) is 2. The van der Waals surface area contributed by atoms with Crippen molar-refractivity contribution in [2.75, 3.05) is 6.61 Å². The number of benzene rings is 3. The first kappa shape index (κ1) is 21.4. The zero-order valence-corrected chi connectivity index (χ0v) is 18.5. The number of phenolic OH excluding ortho intramolecular Hbond substituents is 1. The minimum absolute atomic E-state index is 0.115. The molecule has 0 fully saturated rings. The first-order valence-corrected chi connectivity index (χ1v) is 10.3. The van der Waals surface area contributed by atoms with Crippen LogP contribution in [0.3, 0.4) is 0 Å². The maximum Gasteiger partial charge on any atom is 0.244 e. The SMILES string of the molecule is CCOc1cc(Cl)c(Cl)c(C=NNC(=O)Cc2ccc(Br)c3ccccc23)c1O. The number of phenols is 1. The first-order valence-electron chi connectivity index (χ1n) is 8.74. The smallest absolute Gasteiger partial charge is 0.244 e. The average Bonchev–Trinajstić information content (AvgIpc) is 2.71. The number of carbonyl (C=O) groups excluding carboxylic acids is 1. The van der Waals surface area contributed by atoms with Gasteiger partial charge in [-0.15, -0.1) is 0 Å². The first-order chi connectivity index (χ1) is 13.9. The van der Waals surface area contributed by atoms with Gasteiger partial charge < -0.3 is 9.84 Å². The Balaban J connectivity index is 1.77. The number of nitrogens with zero attached hydrogens (tertiary/aromatic N) is 1. The van der Waals surface area contributed by atoms with E-state index in [-0.39, 0.29) is 39.4 Å². The Morgan fingerprint density at radius 3 is 2.69 bits per heavy atom. The summed E-state index contributed by atoms with van der Waals surface area (Å²) >= 11 is 15.7. The number of aromatic hydroxyl groups is 1. The Morgan fingerprint density at radius 2 is 1.97 bits per heavy atom. The maximum atomic E-state index is 12.4. The van der Waals surface area contributed by atoms with Crippen LogP contribution in [0.1, 0.15) is 18.1 Å². The van der Waals surface area contributed by atoms with Crippen molar-refractivity contribution >= 4 is 62.0 Å². The zero-order valence-electron chi connectivity index (χ0n) is 15.4. The summed E-state index contributed by atoms with van der Waals surface area (Å²) in [5.41, 5.74) is 3.49. The lowest BCUT2D eigenvalue weighted by atomic mass is 10.0. The van der Waals surface area contributed by atoms with E-state index in [0.717, 1.165) is 20.8 Å².